The number of ketones is 2. The Balaban J connectivity index is 2.00. The molecule has 0 radical (unpaired) electrons. The number of nitrogens with one attached hydrogen (secondary N) is 1. The zero-order valence-corrected chi connectivity index (χ0v) is 11.8. The van der Waals surface area contributed by atoms with E-state index in [2.05, 4.69) is 5.32 Å². The number of carbonyl (C=O) groups is 4. The molecular weight excluding hydrogens is 298 g/mol. The molecule has 1 heterocycles. The minimum absolute atomic E-state index is 0.0512. The average molecular weight is 309 g/mol. The van der Waals surface area contributed by atoms with Gasteiger partial charge in [-0.05, 0) is 18.2 Å². The van der Waals surface area contributed by atoms with Gasteiger partial charge in [0.2, 0.25) is 5.91 Å². The normalized spacial score (nSPS) is 16.4. The lowest BCUT2D eigenvalue weighted by Crippen LogP contribution is -2.40. The van der Waals surface area contributed by atoms with E-state index in [0.29, 0.717) is 0 Å². The monoisotopic (exact) mass is 309 g/mol. The van der Waals surface area contributed by atoms with Gasteiger partial charge in [-0.15, -0.1) is 0 Å². The van der Waals surface area contributed by atoms with Crippen molar-refractivity contribution in [3.63, 3.8) is 0 Å². The summed E-state index contributed by atoms with van der Waals surface area (Å²) in [4.78, 5) is 48.0. The van der Waals surface area contributed by atoms with Gasteiger partial charge in [-0.1, -0.05) is 30.3 Å². The van der Waals surface area contributed by atoms with Gasteiger partial charge in [-0.3, -0.25) is 14.4 Å². The lowest BCUT2D eigenvalue weighted by atomic mass is 9.85. The van der Waals surface area contributed by atoms with Crippen molar-refractivity contribution in [3.05, 3.63) is 65.2 Å². The molecule has 0 saturated heterocycles. The third kappa shape index (κ3) is 2.50. The Labute approximate surface area is 130 Å². The Morgan fingerprint density at radius 3 is 2.30 bits per heavy atom. The lowest BCUT2D eigenvalue weighted by Gasteiger charge is -2.22. The van der Waals surface area contributed by atoms with E-state index in [0.717, 1.165) is 0 Å². The lowest BCUT2D eigenvalue weighted by molar-refractivity contribution is -0.117. The van der Waals surface area contributed by atoms with Crippen molar-refractivity contribution in [1.29, 1.82) is 0 Å². The molecule has 2 N–H and O–H groups in total. The Hall–Kier alpha value is -3.28. The number of benzene rings is 2. The van der Waals surface area contributed by atoms with Crippen molar-refractivity contribution in [2.75, 3.05) is 5.32 Å². The van der Waals surface area contributed by atoms with Gasteiger partial charge in [-0.25, -0.2) is 4.79 Å². The number of aromatic carboxylic acids is 1. The summed E-state index contributed by atoms with van der Waals surface area (Å²) in [6.45, 7) is 0. The fraction of sp³-hybridized carbons (Fsp3) is 0.0588. The van der Waals surface area contributed by atoms with Crippen LogP contribution in [0.2, 0.25) is 0 Å². The van der Waals surface area contributed by atoms with E-state index in [1.165, 1.54) is 30.3 Å². The van der Waals surface area contributed by atoms with Crippen LogP contribution in [0.15, 0.2) is 48.5 Å². The number of rotatable bonds is 3. The summed E-state index contributed by atoms with van der Waals surface area (Å²) < 4.78 is 0. The van der Waals surface area contributed by atoms with E-state index in [1.807, 2.05) is 0 Å². The van der Waals surface area contributed by atoms with Crippen molar-refractivity contribution in [3.8, 4) is 0 Å². The molecule has 0 aromatic heterocycles. The highest BCUT2D eigenvalue weighted by Crippen LogP contribution is 2.28. The van der Waals surface area contributed by atoms with Crippen LogP contribution in [0.3, 0.4) is 0 Å². The molecule has 1 unspecified atom stereocenters. The molecule has 2 aromatic rings. The van der Waals surface area contributed by atoms with Crippen LogP contribution in [0.25, 0.3) is 0 Å². The van der Waals surface area contributed by atoms with E-state index in [9.17, 15) is 19.2 Å². The van der Waals surface area contributed by atoms with E-state index < -0.39 is 29.4 Å². The molecule has 114 valence electrons. The highest BCUT2D eigenvalue weighted by molar-refractivity contribution is 6.33. The number of hydrogen-bond acceptors (Lipinski definition) is 4. The smallest absolute Gasteiger partial charge is 0.335 e. The molecule has 1 aliphatic rings. The van der Waals surface area contributed by atoms with Crippen molar-refractivity contribution in [2.45, 2.75) is 0 Å². The van der Waals surface area contributed by atoms with Crippen LogP contribution in [-0.2, 0) is 4.79 Å². The topological polar surface area (TPSA) is 101 Å². The zero-order valence-electron chi connectivity index (χ0n) is 11.8. The van der Waals surface area contributed by atoms with E-state index in [-0.39, 0.29) is 22.4 Å². The molecule has 6 nitrogen and oxygen atoms in total. The SMILES string of the molecule is O=C(O)c1ccc2c(c1)NC(=O)C(C(=O)c1ccccc1)C2=O. The molecule has 0 fully saturated rings. The molecule has 6 heteroatoms. The summed E-state index contributed by atoms with van der Waals surface area (Å²) in [6.07, 6.45) is 0. The van der Waals surface area contributed by atoms with Gasteiger partial charge in [0.25, 0.3) is 0 Å². The minimum atomic E-state index is -1.46. The molecule has 3 rings (SSSR count). The number of carboxylic acids is 1. The predicted molar refractivity (Wildman–Crippen MR) is 80.6 cm³/mol. The molecule has 1 aliphatic heterocycles. The maximum atomic E-state index is 12.5. The van der Waals surface area contributed by atoms with Crippen LogP contribution in [0.5, 0.6) is 0 Å². The van der Waals surface area contributed by atoms with Gasteiger partial charge < -0.3 is 10.4 Å². The van der Waals surface area contributed by atoms with Gasteiger partial charge in [-0.2, -0.15) is 0 Å². The predicted octanol–water partition coefficient (Wildman–Crippen LogP) is 2.02. The van der Waals surface area contributed by atoms with Crippen LogP contribution < -0.4 is 5.32 Å². The van der Waals surface area contributed by atoms with E-state index >= 15 is 0 Å². The number of amides is 1. The van der Waals surface area contributed by atoms with Gasteiger partial charge in [0, 0.05) is 11.1 Å². The first-order valence-corrected chi connectivity index (χ1v) is 6.80. The molecular formula is C17H11NO5. The average Bonchev–Trinajstić information content (AvgIpc) is 2.55. The third-order valence-corrected chi connectivity index (χ3v) is 3.63. The second-order valence-corrected chi connectivity index (χ2v) is 5.08. The van der Waals surface area contributed by atoms with Crippen molar-refractivity contribution >= 4 is 29.1 Å². The van der Waals surface area contributed by atoms with Gasteiger partial charge in [0.15, 0.2) is 17.5 Å². The second kappa shape index (κ2) is 5.49. The summed E-state index contributed by atoms with van der Waals surface area (Å²) in [5.74, 6) is -4.59. The van der Waals surface area contributed by atoms with Gasteiger partial charge >= 0.3 is 5.97 Å². The van der Waals surface area contributed by atoms with Gasteiger partial charge in [0.05, 0.1) is 11.3 Å². The van der Waals surface area contributed by atoms with Crippen molar-refractivity contribution < 1.29 is 24.3 Å². The molecule has 23 heavy (non-hydrogen) atoms. The number of hydrogen-bond donors (Lipinski definition) is 2. The van der Waals surface area contributed by atoms with Crippen LogP contribution >= 0.6 is 0 Å². The fourth-order valence-electron chi connectivity index (χ4n) is 2.48. The van der Waals surface area contributed by atoms with Gasteiger partial charge in [0.1, 0.15) is 0 Å². The molecule has 0 aliphatic carbocycles. The fourth-order valence-corrected chi connectivity index (χ4v) is 2.48. The third-order valence-electron chi connectivity index (χ3n) is 3.63. The zero-order chi connectivity index (χ0) is 16.6. The highest BCUT2D eigenvalue weighted by atomic mass is 16.4. The van der Waals surface area contributed by atoms with Crippen molar-refractivity contribution in [1.82, 2.24) is 0 Å². The number of carbonyl (C=O) groups excluding carboxylic acids is 3. The molecule has 0 bridgehead atoms. The maximum absolute atomic E-state index is 12.5. The first-order chi connectivity index (χ1) is 11.0. The summed E-state index contributed by atoms with van der Waals surface area (Å²) in [5.41, 5.74) is 0.456. The maximum Gasteiger partial charge on any atom is 0.335 e. The molecule has 0 saturated carbocycles. The molecule has 1 atom stereocenters. The number of anilines is 1. The number of carboxylic acid groups (broad SMARTS) is 1. The first-order valence-electron chi connectivity index (χ1n) is 6.80. The van der Waals surface area contributed by atoms with Crippen LogP contribution in [0.1, 0.15) is 31.1 Å². The first kappa shape index (κ1) is 14.6. The van der Waals surface area contributed by atoms with Crippen molar-refractivity contribution in [2.24, 2.45) is 5.92 Å². The Kier molecular flexibility index (Phi) is 3.50. The van der Waals surface area contributed by atoms with Crippen LogP contribution in [0, 0.1) is 5.92 Å². The van der Waals surface area contributed by atoms with E-state index in [4.69, 9.17) is 5.11 Å². The Morgan fingerprint density at radius 1 is 0.957 bits per heavy atom. The van der Waals surface area contributed by atoms with Crippen LogP contribution in [0.4, 0.5) is 5.69 Å². The Bertz CT molecular complexity index is 841. The van der Waals surface area contributed by atoms with E-state index in [1.54, 1.807) is 18.2 Å². The number of Topliss-reactive ketones (excluding diaryl/α,β-unsaturated/α-hetero) is 2. The largest absolute Gasteiger partial charge is 0.478 e. The molecule has 2 aromatic carbocycles. The summed E-state index contributed by atoms with van der Waals surface area (Å²) >= 11 is 0. The summed E-state index contributed by atoms with van der Waals surface area (Å²) in [6, 6.07) is 11.9. The second-order valence-electron chi connectivity index (χ2n) is 5.08. The summed E-state index contributed by atoms with van der Waals surface area (Å²) in [5, 5.41) is 11.4. The quantitative estimate of drug-likeness (QED) is 0.667. The molecule has 1 amide bonds. The Morgan fingerprint density at radius 2 is 1.65 bits per heavy atom. The summed E-state index contributed by atoms with van der Waals surface area (Å²) in [7, 11) is 0. The number of fused-ring (bicyclic) bond motifs is 1. The standard InChI is InChI=1S/C17H11NO5/c19-14(9-4-2-1-3-5-9)13-15(20)11-7-6-10(17(22)23)8-12(11)18-16(13)21/h1-8,13H,(H,18,21)(H,22,23). The minimum Gasteiger partial charge on any atom is -0.478 e. The highest BCUT2D eigenvalue weighted by Gasteiger charge is 2.40. The van der Waals surface area contributed by atoms with Crippen LogP contribution in [-0.4, -0.2) is 28.5 Å². The molecule has 0 spiro atoms.